The highest BCUT2D eigenvalue weighted by molar-refractivity contribution is 9.10. The van der Waals surface area contributed by atoms with E-state index in [0.717, 1.165) is 15.6 Å². The molecule has 0 unspecified atom stereocenters. The molecule has 0 amide bonds. The van der Waals surface area contributed by atoms with Gasteiger partial charge in [-0.1, -0.05) is 57.9 Å². The predicted molar refractivity (Wildman–Crippen MR) is 94.7 cm³/mol. The quantitative estimate of drug-likeness (QED) is 0.540. The van der Waals surface area contributed by atoms with Crippen LogP contribution in [0.25, 0.3) is 11.4 Å². The predicted octanol–water partition coefficient (Wildman–Crippen LogP) is 4.56. The van der Waals surface area contributed by atoms with Gasteiger partial charge >= 0.3 is 0 Å². The Hall–Kier alpha value is -2.05. The maximum Gasteiger partial charge on any atom is 0.216 e. The minimum Gasteiger partial charge on any atom is -0.250 e. The average Bonchev–Trinajstić information content (AvgIpc) is 2.87. The summed E-state index contributed by atoms with van der Waals surface area (Å²) in [5, 5.41) is 11.5. The second-order valence-corrected chi connectivity index (χ2v) is 6.04. The topological polar surface area (TPSA) is 46.0 Å². The number of nitrogens with one attached hydrogen (secondary N) is 1. The number of halogens is 1. The van der Waals surface area contributed by atoms with Crippen molar-refractivity contribution in [2.75, 3.05) is 0 Å². The molecular formula is C16H13BrN4S. The Morgan fingerprint density at radius 2 is 2.05 bits per heavy atom. The lowest BCUT2D eigenvalue weighted by Crippen LogP contribution is -1.95. The molecule has 0 aliphatic rings. The second-order valence-electron chi connectivity index (χ2n) is 4.80. The van der Waals surface area contributed by atoms with Crippen molar-refractivity contribution in [1.82, 2.24) is 14.9 Å². The third kappa shape index (κ3) is 3.08. The zero-order chi connectivity index (χ0) is 15.5. The van der Waals surface area contributed by atoms with Crippen molar-refractivity contribution < 1.29 is 0 Å². The van der Waals surface area contributed by atoms with Gasteiger partial charge in [0.15, 0.2) is 5.82 Å². The van der Waals surface area contributed by atoms with Crippen LogP contribution in [0.4, 0.5) is 0 Å². The zero-order valence-corrected chi connectivity index (χ0v) is 14.2. The molecule has 1 N–H and O–H groups in total. The van der Waals surface area contributed by atoms with E-state index in [1.807, 2.05) is 49.4 Å². The highest BCUT2D eigenvalue weighted by atomic mass is 79.9. The summed E-state index contributed by atoms with van der Waals surface area (Å²) in [6.07, 6.45) is 1.78. The van der Waals surface area contributed by atoms with Gasteiger partial charge in [-0.3, -0.25) is 0 Å². The number of nitrogens with zero attached hydrogens (tertiary/aromatic N) is 3. The molecule has 110 valence electrons. The molecule has 0 saturated heterocycles. The SMILES string of the molecule is Cc1cccc(C=Nn2c(-c3ccccc3Br)n[nH]c2=S)c1. The lowest BCUT2D eigenvalue weighted by molar-refractivity contribution is 0.871. The Balaban J connectivity index is 2.04. The Bertz CT molecular complexity index is 895. The number of aryl methyl sites for hydroxylation is 1. The monoisotopic (exact) mass is 372 g/mol. The van der Waals surface area contributed by atoms with Gasteiger partial charge < -0.3 is 0 Å². The van der Waals surface area contributed by atoms with E-state index in [4.69, 9.17) is 12.2 Å². The molecular weight excluding hydrogens is 360 g/mol. The van der Waals surface area contributed by atoms with Crippen LogP contribution in [0.5, 0.6) is 0 Å². The molecule has 6 heteroatoms. The Morgan fingerprint density at radius 3 is 2.82 bits per heavy atom. The smallest absolute Gasteiger partial charge is 0.216 e. The highest BCUT2D eigenvalue weighted by Crippen LogP contribution is 2.26. The van der Waals surface area contributed by atoms with Crippen molar-refractivity contribution in [2.45, 2.75) is 6.92 Å². The number of aromatic amines is 1. The van der Waals surface area contributed by atoms with E-state index in [2.05, 4.69) is 37.3 Å². The largest absolute Gasteiger partial charge is 0.250 e. The summed E-state index contributed by atoms with van der Waals surface area (Å²) in [5.41, 5.74) is 3.13. The molecule has 0 aliphatic carbocycles. The third-order valence-corrected chi connectivity index (χ3v) is 4.09. The number of aromatic nitrogens is 3. The summed E-state index contributed by atoms with van der Waals surface area (Å²) in [6, 6.07) is 15.9. The first-order valence-electron chi connectivity index (χ1n) is 6.68. The van der Waals surface area contributed by atoms with E-state index >= 15 is 0 Å². The Labute approximate surface area is 141 Å². The first-order chi connectivity index (χ1) is 10.6. The molecule has 22 heavy (non-hydrogen) atoms. The van der Waals surface area contributed by atoms with Crippen molar-refractivity contribution in [2.24, 2.45) is 5.10 Å². The minimum atomic E-state index is 0.453. The van der Waals surface area contributed by atoms with Gasteiger partial charge in [-0.2, -0.15) is 14.9 Å². The number of hydrogen-bond donors (Lipinski definition) is 1. The fourth-order valence-electron chi connectivity index (χ4n) is 2.09. The molecule has 3 rings (SSSR count). The van der Waals surface area contributed by atoms with Crippen molar-refractivity contribution in [3.8, 4) is 11.4 Å². The molecule has 0 atom stereocenters. The minimum absolute atomic E-state index is 0.453. The van der Waals surface area contributed by atoms with Crippen LogP contribution in [0.2, 0.25) is 0 Å². The molecule has 0 radical (unpaired) electrons. The number of hydrogen-bond acceptors (Lipinski definition) is 3. The van der Waals surface area contributed by atoms with Crippen LogP contribution >= 0.6 is 28.1 Å². The third-order valence-electron chi connectivity index (χ3n) is 3.13. The van der Waals surface area contributed by atoms with E-state index in [-0.39, 0.29) is 0 Å². The molecule has 1 aromatic heterocycles. The van der Waals surface area contributed by atoms with Gasteiger partial charge in [0.05, 0.1) is 6.21 Å². The average molecular weight is 373 g/mol. The maximum atomic E-state index is 5.27. The molecule has 0 saturated carbocycles. The Kier molecular flexibility index (Phi) is 4.31. The summed E-state index contributed by atoms with van der Waals surface area (Å²) in [5.74, 6) is 0.668. The van der Waals surface area contributed by atoms with Gasteiger partial charge in [0.25, 0.3) is 0 Å². The van der Waals surface area contributed by atoms with Crippen LogP contribution in [-0.4, -0.2) is 21.1 Å². The molecule has 0 bridgehead atoms. The van der Waals surface area contributed by atoms with Crippen LogP contribution in [0.15, 0.2) is 58.1 Å². The molecule has 1 heterocycles. The normalized spacial score (nSPS) is 11.2. The van der Waals surface area contributed by atoms with Gasteiger partial charge in [-0.25, -0.2) is 5.10 Å². The summed E-state index contributed by atoms with van der Waals surface area (Å²) in [6.45, 7) is 2.05. The molecule has 3 aromatic rings. The van der Waals surface area contributed by atoms with E-state index in [1.165, 1.54) is 5.56 Å². The van der Waals surface area contributed by atoms with Gasteiger partial charge in [-0.15, -0.1) is 0 Å². The fourth-order valence-corrected chi connectivity index (χ4v) is 2.73. The summed E-state index contributed by atoms with van der Waals surface area (Å²) in [7, 11) is 0. The van der Waals surface area contributed by atoms with E-state index in [0.29, 0.717) is 10.6 Å². The Morgan fingerprint density at radius 1 is 1.23 bits per heavy atom. The first kappa shape index (κ1) is 14.9. The highest BCUT2D eigenvalue weighted by Gasteiger charge is 2.10. The van der Waals surface area contributed by atoms with Gasteiger partial charge in [0.1, 0.15) is 0 Å². The van der Waals surface area contributed by atoms with Crippen LogP contribution in [0.1, 0.15) is 11.1 Å². The van der Waals surface area contributed by atoms with Crippen LogP contribution in [-0.2, 0) is 0 Å². The molecule has 0 spiro atoms. The van der Waals surface area contributed by atoms with Gasteiger partial charge in [0, 0.05) is 10.0 Å². The first-order valence-corrected chi connectivity index (χ1v) is 7.88. The summed E-state index contributed by atoms with van der Waals surface area (Å²) >= 11 is 8.80. The van der Waals surface area contributed by atoms with E-state index < -0.39 is 0 Å². The number of benzene rings is 2. The molecule has 2 aromatic carbocycles. The van der Waals surface area contributed by atoms with E-state index in [9.17, 15) is 0 Å². The summed E-state index contributed by atoms with van der Waals surface area (Å²) in [4.78, 5) is 0. The van der Waals surface area contributed by atoms with Crippen molar-refractivity contribution in [1.29, 1.82) is 0 Å². The number of H-pyrrole nitrogens is 1. The van der Waals surface area contributed by atoms with Gasteiger partial charge in [0.2, 0.25) is 4.77 Å². The lowest BCUT2D eigenvalue weighted by atomic mass is 10.2. The molecule has 0 fully saturated rings. The standard InChI is InChI=1S/C16H13BrN4S/c1-11-5-4-6-12(9-11)10-18-21-15(19-20-16(21)22)13-7-2-3-8-14(13)17/h2-10H,1H3,(H,20,22). The van der Waals surface area contributed by atoms with Crippen LogP contribution in [0.3, 0.4) is 0 Å². The van der Waals surface area contributed by atoms with Crippen molar-refractivity contribution >= 4 is 34.4 Å². The molecule has 0 aliphatic heterocycles. The maximum absolute atomic E-state index is 5.27. The van der Waals surface area contributed by atoms with Crippen molar-refractivity contribution in [3.05, 3.63) is 68.9 Å². The van der Waals surface area contributed by atoms with Gasteiger partial charge in [-0.05, 0) is 36.8 Å². The van der Waals surface area contributed by atoms with Crippen molar-refractivity contribution in [3.63, 3.8) is 0 Å². The van der Waals surface area contributed by atoms with Crippen LogP contribution in [0, 0.1) is 11.7 Å². The summed E-state index contributed by atoms with van der Waals surface area (Å²) < 4.78 is 3.02. The second kappa shape index (κ2) is 6.37. The number of rotatable bonds is 3. The molecule has 4 nitrogen and oxygen atoms in total. The lowest BCUT2D eigenvalue weighted by Gasteiger charge is -2.03. The van der Waals surface area contributed by atoms with Crippen LogP contribution < -0.4 is 0 Å². The fraction of sp³-hybridized carbons (Fsp3) is 0.0625. The zero-order valence-electron chi connectivity index (χ0n) is 11.8. The van der Waals surface area contributed by atoms with E-state index in [1.54, 1.807) is 10.9 Å².